The molecule has 17 heavy (non-hydrogen) atoms. The van der Waals surface area contributed by atoms with Crippen molar-refractivity contribution in [2.24, 2.45) is 11.1 Å². The van der Waals surface area contributed by atoms with Crippen LogP contribution in [0.2, 0.25) is 5.02 Å². The van der Waals surface area contributed by atoms with Crippen molar-refractivity contribution in [2.45, 2.75) is 44.9 Å². The van der Waals surface area contributed by atoms with Gasteiger partial charge in [-0.1, -0.05) is 37.3 Å². The average molecular weight is 253 g/mol. The van der Waals surface area contributed by atoms with Crippen molar-refractivity contribution in [2.75, 3.05) is 6.54 Å². The zero-order chi connectivity index (χ0) is 12.1. The van der Waals surface area contributed by atoms with E-state index in [4.69, 9.17) is 17.3 Å². The molecule has 2 nitrogen and oxygen atoms in total. The molecule has 1 aromatic heterocycles. The van der Waals surface area contributed by atoms with E-state index in [0.717, 1.165) is 18.0 Å². The minimum Gasteiger partial charge on any atom is -0.330 e. The first-order valence-electron chi connectivity index (χ1n) is 6.54. The maximum Gasteiger partial charge on any atom is 0.0621 e. The van der Waals surface area contributed by atoms with Crippen LogP contribution in [0.4, 0.5) is 0 Å². The second kappa shape index (κ2) is 5.83. The largest absolute Gasteiger partial charge is 0.330 e. The lowest BCUT2D eigenvalue weighted by molar-refractivity contribution is 0.252. The first-order valence-corrected chi connectivity index (χ1v) is 6.92. The number of nitrogens with two attached hydrogens (primary N) is 1. The van der Waals surface area contributed by atoms with Crippen molar-refractivity contribution >= 4 is 11.6 Å². The molecule has 2 N–H and O–H groups in total. The molecule has 1 aromatic rings. The summed E-state index contributed by atoms with van der Waals surface area (Å²) in [6.45, 7) is 0.769. The quantitative estimate of drug-likeness (QED) is 0.836. The average Bonchev–Trinajstić information content (AvgIpc) is 2.58. The highest BCUT2D eigenvalue weighted by atomic mass is 35.5. The second-order valence-corrected chi connectivity index (χ2v) is 5.67. The molecule has 1 saturated carbocycles. The fraction of sp³-hybridized carbons (Fsp3) is 0.643. The number of aromatic nitrogens is 1. The van der Waals surface area contributed by atoms with Gasteiger partial charge >= 0.3 is 0 Å². The van der Waals surface area contributed by atoms with E-state index in [-0.39, 0.29) is 5.41 Å². The normalized spacial score (nSPS) is 19.9. The van der Waals surface area contributed by atoms with Gasteiger partial charge in [-0.2, -0.15) is 0 Å². The maximum atomic E-state index is 6.20. The molecule has 94 valence electrons. The summed E-state index contributed by atoms with van der Waals surface area (Å²) in [6.07, 6.45) is 12.4. The standard InChI is InChI=1S/C14H21ClN2/c15-13-10-17-8-5-12(13)9-14(11-16)6-3-1-2-4-7-14/h5,8,10H,1-4,6-7,9,11,16H2. The Hall–Kier alpha value is -0.600. The van der Waals surface area contributed by atoms with Crippen LogP contribution < -0.4 is 5.73 Å². The lowest BCUT2D eigenvalue weighted by Gasteiger charge is -2.31. The molecule has 0 saturated heterocycles. The topological polar surface area (TPSA) is 38.9 Å². The molecule has 0 atom stereocenters. The minimum absolute atomic E-state index is 0.265. The van der Waals surface area contributed by atoms with Crippen molar-refractivity contribution < 1.29 is 0 Å². The van der Waals surface area contributed by atoms with Crippen LogP contribution in [-0.2, 0) is 6.42 Å². The predicted molar refractivity (Wildman–Crippen MR) is 72.1 cm³/mol. The van der Waals surface area contributed by atoms with Gasteiger partial charge in [-0.25, -0.2) is 0 Å². The summed E-state index contributed by atoms with van der Waals surface area (Å²) in [5.74, 6) is 0. The molecule has 0 spiro atoms. The fourth-order valence-corrected chi connectivity index (χ4v) is 3.07. The molecule has 1 fully saturated rings. The van der Waals surface area contributed by atoms with E-state index >= 15 is 0 Å². The van der Waals surface area contributed by atoms with Gasteiger partial charge in [0.05, 0.1) is 5.02 Å². The van der Waals surface area contributed by atoms with E-state index in [9.17, 15) is 0 Å². The van der Waals surface area contributed by atoms with Crippen molar-refractivity contribution in [3.8, 4) is 0 Å². The van der Waals surface area contributed by atoms with Crippen molar-refractivity contribution in [1.82, 2.24) is 4.98 Å². The van der Waals surface area contributed by atoms with E-state index in [1.165, 1.54) is 44.1 Å². The van der Waals surface area contributed by atoms with Gasteiger partial charge in [-0.3, -0.25) is 4.98 Å². The number of rotatable bonds is 3. The van der Waals surface area contributed by atoms with Crippen LogP contribution in [0.15, 0.2) is 18.5 Å². The van der Waals surface area contributed by atoms with Crippen LogP contribution in [0.3, 0.4) is 0 Å². The molecule has 0 aromatic carbocycles. The highest BCUT2D eigenvalue weighted by molar-refractivity contribution is 6.31. The first-order chi connectivity index (χ1) is 8.26. The molecule has 0 amide bonds. The molecule has 0 unspecified atom stereocenters. The predicted octanol–water partition coefficient (Wildman–Crippen LogP) is 3.58. The van der Waals surface area contributed by atoms with Gasteiger partial charge in [0.25, 0.3) is 0 Å². The SMILES string of the molecule is NCC1(Cc2ccncc2Cl)CCCCCC1. The van der Waals surface area contributed by atoms with Crippen LogP contribution in [0.25, 0.3) is 0 Å². The minimum atomic E-state index is 0.265. The van der Waals surface area contributed by atoms with Gasteiger partial charge in [-0.15, -0.1) is 0 Å². The summed E-state index contributed by atoms with van der Waals surface area (Å²) >= 11 is 6.20. The van der Waals surface area contributed by atoms with Crippen molar-refractivity contribution in [1.29, 1.82) is 0 Å². The van der Waals surface area contributed by atoms with E-state index in [1.54, 1.807) is 6.20 Å². The molecular formula is C14H21ClN2. The summed E-state index contributed by atoms with van der Waals surface area (Å²) in [4.78, 5) is 4.04. The lowest BCUT2D eigenvalue weighted by Crippen LogP contribution is -2.32. The molecular weight excluding hydrogens is 232 g/mol. The van der Waals surface area contributed by atoms with Gasteiger partial charge in [-0.05, 0) is 42.9 Å². The third-order valence-electron chi connectivity index (χ3n) is 4.02. The fourth-order valence-electron chi connectivity index (χ4n) is 2.88. The number of pyridine rings is 1. The second-order valence-electron chi connectivity index (χ2n) is 5.26. The van der Waals surface area contributed by atoms with Crippen LogP contribution in [-0.4, -0.2) is 11.5 Å². The Morgan fingerprint density at radius 2 is 1.94 bits per heavy atom. The summed E-state index contributed by atoms with van der Waals surface area (Å²) in [5.41, 5.74) is 7.52. The highest BCUT2D eigenvalue weighted by Crippen LogP contribution is 2.38. The summed E-state index contributed by atoms with van der Waals surface area (Å²) in [5, 5.41) is 0.782. The molecule has 1 aliphatic carbocycles. The molecule has 3 heteroatoms. The highest BCUT2D eigenvalue weighted by Gasteiger charge is 2.30. The van der Waals surface area contributed by atoms with Gasteiger partial charge < -0.3 is 5.73 Å². The molecule has 1 heterocycles. The smallest absolute Gasteiger partial charge is 0.0621 e. The van der Waals surface area contributed by atoms with E-state index in [0.29, 0.717) is 0 Å². The molecule has 1 aliphatic rings. The maximum absolute atomic E-state index is 6.20. The van der Waals surface area contributed by atoms with Crippen LogP contribution >= 0.6 is 11.6 Å². The van der Waals surface area contributed by atoms with E-state index in [2.05, 4.69) is 4.98 Å². The lowest BCUT2D eigenvalue weighted by atomic mass is 9.75. The van der Waals surface area contributed by atoms with Crippen LogP contribution in [0.5, 0.6) is 0 Å². The first kappa shape index (κ1) is 12.8. The Kier molecular flexibility index (Phi) is 4.41. The number of hydrogen-bond donors (Lipinski definition) is 1. The monoisotopic (exact) mass is 252 g/mol. The Bertz CT molecular complexity index is 357. The summed E-state index contributed by atoms with van der Waals surface area (Å²) in [7, 11) is 0. The third kappa shape index (κ3) is 3.20. The number of nitrogens with zero attached hydrogens (tertiary/aromatic N) is 1. The van der Waals surface area contributed by atoms with Gasteiger partial charge in [0.1, 0.15) is 0 Å². The summed E-state index contributed by atoms with van der Waals surface area (Å²) in [6, 6.07) is 2.03. The van der Waals surface area contributed by atoms with Gasteiger partial charge in [0.15, 0.2) is 0 Å². The Labute approximate surface area is 109 Å². The Morgan fingerprint density at radius 3 is 2.53 bits per heavy atom. The number of hydrogen-bond acceptors (Lipinski definition) is 2. The Morgan fingerprint density at radius 1 is 1.24 bits per heavy atom. The van der Waals surface area contributed by atoms with Crippen molar-refractivity contribution in [3.63, 3.8) is 0 Å². The summed E-state index contributed by atoms with van der Waals surface area (Å²) < 4.78 is 0. The van der Waals surface area contributed by atoms with Crippen molar-refractivity contribution in [3.05, 3.63) is 29.0 Å². The Balaban J connectivity index is 2.15. The van der Waals surface area contributed by atoms with Crippen LogP contribution in [0.1, 0.15) is 44.1 Å². The van der Waals surface area contributed by atoms with Gasteiger partial charge in [0, 0.05) is 12.4 Å². The number of halogens is 1. The zero-order valence-corrected chi connectivity index (χ0v) is 11.0. The molecule has 0 aliphatic heterocycles. The molecule has 0 radical (unpaired) electrons. The molecule has 0 bridgehead atoms. The van der Waals surface area contributed by atoms with E-state index < -0.39 is 0 Å². The zero-order valence-electron chi connectivity index (χ0n) is 10.3. The third-order valence-corrected chi connectivity index (χ3v) is 4.36. The molecule has 2 rings (SSSR count). The van der Waals surface area contributed by atoms with Gasteiger partial charge in [0.2, 0.25) is 0 Å². The van der Waals surface area contributed by atoms with E-state index in [1.807, 2.05) is 12.3 Å². The van der Waals surface area contributed by atoms with Crippen LogP contribution in [0, 0.1) is 5.41 Å².